The van der Waals surface area contributed by atoms with Crippen molar-refractivity contribution < 1.29 is 13.9 Å². The Kier molecular flexibility index (Phi) is 4.53. The standard InChI is InChI=1S/C17H21N3O3S/c21-17(19-16-18-12-7-10-22-11-15(12)24-16)20-8-3-1-2-5-13(20)14-6-4-9-23-14/h4,6,9,13H,1-3,5,7-8,10-11H2,(H,18,19,21)/t13-/m1/s1. The van der Waals surface area contributed by atoms with Gasteiger partial charge in [0, 0.05) is 13.0 Å². The van der Waals surface area contributed by atoms with Crippen LogP contribution >= 0.6 is 11.3 Å². The van der Waals surface area contributed by atoms with Crippen molar-refractivity contribution in [2.75, 3.05) is 18.5 Å². The smallest absolute Gasteiger partial charge is 0.324 e. The number of nitrogens with one attached hydrogen (secondary N) is 1. The summed E-state index contributed by atoms with van der Waals surface area (Å²) in [5.41, 5.74) is 1.06. The number of anilines is 1. The molecule has 2 aliphatic heterocycles. The number of rotatable bonds is 2. The van der Waals surface area contributed by atoms with Crippen LogP contribution < -0.4 is 5.32 Å². The van der Waals surface area contributed by atoms with E-state index < -0.39 is 0 Å². The van der Waals surface area contributed by atoms with Crippen LogP contribution in [-0.2, 0) is 17.8 Å². The number of hydrogen-bond donors (Lipinski definition) is 1. The zero-order valence-electron chi connectivity index (χ0n) is 13.5. The van der Waals surface area contributed by atoms with Gasteiger partial charge in [-0.05, 0) is 25.0 Å². The highest BCUT2D eigenvalue weighted by Gasteiger charge is 2.29. The summed E-state index contributed by atoms with van der Waals surface area (Å²) in [6.45, 7) is 2.05. The molecule has 1 atom stereocenters. The molecule has 2 aromatic heterocycles. The number of ether oxygens (including phenoxy) is 1. The number of fused-ring (bicyclic) bond motifs is 1. The Morgan fingerprint density at radius 2 is 2.33 bits per heavy atom. The minimum absolute atomic E-state index is 0.000389. The lowest BCUT2D eigenvalue weighted by Gasteiger charge is -2.28. The van der Waals surface area contributed by atoms with Crippen molar-refractivity contribution in [2.45, 2.75) is 44.8 Å². The SMILES string of the molecule is O=C(Nc1nc2c(s1)COCC2)N1CCCCC[C@@H]1c1ccco1. The fourth-order valence-corrected chi connectivity index (χ4v) is 4.31. The highest BCUT2D eigenvalue weighted by molar-refractivity contribution is 7.15. The quantitative estimate of drug-likeness (QED) is 0.893. The molecule has 0 aromatic carbocycles. The maximum Gasteiger partial charge on any atom is 0.324 e. The van der Waals surface area contributed by atoms with Gasteiger partial charge in [-0.25, -0.2) is 9.78 Å². The molecule has 24 heavy (non-hydrogen) atoms. The molecule has 0 spiro atoms. The van der Waals surface area contributed by atoms with Crippen LogP contribution in [0.25, 0.3) is 0 Å². The predicted octanol–water partition coefficient (Wildman–Crippen LogP) is 3.96. The fourth-order valence-electron chi connectivity index (χ4n) is 3.37. The lowest BCUT2D eigenvalue weighted by molar-refractivity contribution is 0.112. The molecule has 7 heteroatoms. The van der Waals surface area contributed by atoms with Gasteiger partial charge in [-0.15, -0.1) is 0 Å². The van der Waals surface area contributed by atoms with Crippen LogP contribution in [0.1, 0.15) is 48.1 Å². The van der Waals surface area contributed by atoms with E-state index in [1.54, 1.807) is 6.26 Å². The first kappa shape index (κ1) is 15.7. The molecule has 1 fully saturated rings. The zero-order valence-corrected chi connectivity index (χ0v) is 14.3. The van der Waals surface area contributed by atoms with E-state index in [1.165, 1.54) is 11.3 Å². The largest absolute Gasteiger partial charge is 0.467 e. The van der Waals surface area contributed by atoms with Crippen LogP contribution in [0, 0.1) is 0 Å². The van der Waals surface area contributed by atoms with E-state index in [4.69, 9.17) is 9.15 Å². The third-order valence-corrected chi connectivity index (χ3v) is 5.58. The molecule has 128 valence electrons. The monoisotopic (exact) mass is 347 g/mol. The Bertz CT molecular complexity index is 675. The Hall–Kier alpha value is -1.86. The second-order valence-corrected chi connectivity index (χ2v) is 7.28. The van der Waals surface area contributed by atoms with E-state index >= 15 is 0 Å². The number of likely N-dealkylation sites (tertiary alicyclic amines) is 1. The molecule has 1 saturated heterocycles. The molecule has 2 aromatic rings. The summed E-state index contributed by atoms with van der Waals surface area (Å²) in [4.78, 5) is 20.4. The fraction of sp³-hybridized carbons (Fsp3) is 0.529. The van der Waals surface area contributed by atoms with Gasteiger partial charge < -0.3 is 14.1 Å². The second kappa shape index (κ2) is 6.94. The summed E-state index contributed by atoms with van der Waals surface area (Å²) < 4.78 is 11.0. The van der Waals surface area contributed by atoms with Gasteiger partial charge in [0.2, 0.25) is 0 Å². The summed E-state index contributed by atoms with van der Waals surface area (Å²) in [6.07, 6.45) is 6.70. The highest BCUT2D eigenvalue weighted by atomic mass is 32.1. The van der Waals surface area contributed by atoms with Crippen LogP contribution in [0.3, 0.4) is 0 Å². The van der Waals surface area contributed by atoms with E-state index in [9.17, 15) is 4.79 Å². The zero-order chi connectivity index (χ0) is 16.4. The molecule has 0 aliphatic carbocycles. The Balaban J connectivity index is 1.51. The number of carbonyl (C=O) groups excluding carboxylic acids is 1. The van der Waals surface area contributed by atoms with Gasteiger partial charge in [-0.2, -0.15) is 0 Å². The molecule has 1 N–H and O–H groups in total. The average Bonchev–Trinajstić information content (AvgIpc) is 3.18. The lowest BCUT2D eigenvalue weighted by Crippen LogP contribution is -2.37. The molecule has 2 aliphatic rings. The molecule has 0 saturated carbocycles. The molecule has 4 rings (SSSR count). The van der Waals surface area contributed by atoms with Crippen LogP contribution in [0.4, 0.5) is 9.93 Å². The molecule has 6 nitrogen and oxygen atoms in total. The number of carbonyl (C=O) groups is 1. The summed E-state index contributed by atoms with van der Waals surface area (Å²) in [5.74, 6) is 0.860. The van der Waals surface area contributed by atoms with Crippen LogP contribution in [0.5, 0.6) is 0 Å². The maximum absolute atomic E-state index is 12.8. The molecule has 0 bridgehead atoms. The van der Waals surface area contributed by atoms with Crippen LogP contribution in [0.15, 0.2) is 22.8 Å². The first-order valence-corrected chi connectivity index (χ1v) is 9.30. The van der Waals surface area contributed by atoms with Crippen molar-refractivity contribution in [1.29, 1.82) is 0 Å². The average molecular weight is 347 g/mol. The molecule has 4 heterocycles. The van der Waals surface area contributed by atoms with Crippen molar-refractivity contribution in [3.63, 3.8) is 0 Å². The lowest BCUT2D eigenvalue weighted by atomic mass is 10.1. The van der Waals surface area contributed by atoms with Gasteiger partial charge >= 0.3 is 6.03 Å². The van der Waals surface area contributed by atoms with Gasteiger partial charge in [-0.3, -0.25) is 5.32 Å². The molecule has 0 radical (unpaired) electrons. The van der Waals surface area contributed by atoms with E-state index in [0.29, 0.717) is 18.3 Å². The van der Waals surface area contributed by atoms with E-state index in [2.05, 4.69) is 10.3 Å². The van der Waals surface area contributed by atoms with Crippen molar-refractivity contribution in [2.24, 2.45) is 0 Å². The third kappa shape index (κ3) is 3.18. The number of hydrogen-bond acceptors (Lipinski definition) is 5. The Morgan fingerprint density at radius 1 is 1.38 bits per heavy atom. The number of furan rings is 1. The number of urea groups is 1. The number of thiazole rings is 1. The molecule has 2 amide bonds. The van der Waals surface area contributed by atoms with E-state index in [1.807, 2.05) is 17.0 Å². The van der Waals surface area contributed by atoms with Gasteiger partial charge in [0.25, 0.3) is 0 Å². The van der Waals surface area contributed by atoms with Crippen molar-refractivity contribution in [3.8, 4) is 0 Å². The molecular weight excluding hydrogens is 326 g/mol. The third-order valence-electron chi connectivity index (χ3n) is 4.59. The van der Waals surface area contributed by atoms with Gasteiger partial charge in [0.05, 0.1) is 36.1 Å². The topological polar surface area (TPSA) is 67.6 Å². The van der Waals surface area contributed by atoms with Crippen LogP contribution in [0.2, 0.25) is 0 Å². The predicted molar refractivity (Wildman–Crippen MR) is 91.1 cm³/mol. The normalized spacial score (nSPS) is 21.2. The van der Waals surface area contributed by atoms with E-state index in [-0.39, 0.29) is 12.1 Å². The first-order chi connectivity index (χ1) is 11.8. The summed E-state index contributed by atoms with van der Waals surface area (Å²) in [5, 5.41) is 3.65. The van der Waals surface area contributed by atoms with Crippen molar-refractivity contribution in [3.05, 3.63) is 34.7 Å². The highest BCUT2D eigenvalue weighted by Crippen LogP contribution is 2.32. The Morgan fingerprint density at radius 3 is 3.17 bits per heavy atom. The van der Waals surface area contributed by atoms with Crippen molar-refractivity contribution >= 4 is 22.5 Å². The van der Waals surface area contributed by atoms with E-state index in [0.717, 1.165) is 55.0 Å². The van der Waals surface area contributed by atoms with Crippen molar-refractivity contribution in [1.82, 2.24) is 9.88 Å². The molecule has 0 unspecified atom stereocenters. The minimum atomic E-state index is -0.0923. The summed E-state index contributed by atoms with van der Waals surface area (Å²) >= 11 is 1.51. The number of amides is 2. The second-order valence-electron chi connectivity index (χ2n) is 6.20. The number of nitrogens with zero attached hydrogens (tertiary/aromatic N) is 2. The summed E-state index contributed by atoms with van der Waals surface area (Å²) in [6, 6.07) is 3.74. The Labute approximate surface area is 144 Å². The number of aromatic nitrogens is 1. The maximum atomic E-state index is 12.8. The minimum Gasteiger partial charge on any atom is -0.467 e. The molecular formula is C17H21N3O3S. The van der Waals surface area contributed by atoms with Gasteiger partial charge in [-0.1, -0.05) is 24.2 Å². The van der Waals surface area contributed by atoms with Gasteiger partial charge in [0.1, 0.15) is 5.76 Å². The summed E-state index contributed by atoms with van der Waals surface area (Å²) in [7, 11) is 0. The first-order valence-electron chi connectivity index (χ1n) is 8.48. The van der Waals surface area contributed by atoms with Gasteiger partial charge in [0.15, 0.2) is 5.13 Å². The van der Waals surface area contributed by atoms with Crippen LogP contribution in [-0.4, -0.2) is 29.1 Å².